The Morgan fingerprint density at radius 1 is 1.19 bits per heavy atom. The summed E-state index contributed by atoms with van der Waals surface area (Å²) in [7, 11) is 0. The fraction of sp³-hybridized carbons (Fsp3) is 0.538. The van der Waals surface area contributed by atoms with Crippen molar-refractivity contribution in [1.29, 1.82) is 0 Å². The van der Waals surface area contributed by atoms with Crippen molar-refractivity contribution >= 4 is 15.9 Å². The average Bonchev–Trinajstić information content (AvgIpc) is 2.31. The molecule has 0 aromatic heterocycles. The predicted octanol–water partition coefficient (Wildman–Crippen LogP) is 3.50. The van der Waals surface area contributed by atoms with Gasteiger partial charge in [-0.05, 0) is 31.4 Å². The van der Waals surface area contributed by atoms with E-state index in [0.717, 1.165) is 0 Å². The van der Waals surface area contributed by atoms with Crippen LogP contribution < -0.4 is 5.43 Å². The monoisotopic (exact) mass is 282 g/mol. The second kappa shape index (κ2) is 5.80. The van der Waals surface area contributed by atoms with E-state index >= 15 is 0 Å². The summed E-state index contributed by atoms with van der Waals surface area (Å²) in [4.78, 5) is 0. The molecule has 1 N–H and O–H groups in total. The molecule has 0 amide bonds. The molecule has 88 valence electrons. The van der Waals surface area contributed by atoms with E-state index in [2.05, 4.69) is 57.6 Å². The molecule has 1 aromatic carbocycles. The zero-order chi connectivity index (χ0) is 11.4. The molecule has 0 spiro atoms. The van der Waals surface area contributed by atoms with Gasteiger partial charge in [-0.25, -0.2) is 10.4 Å². The third kappa shape index (κ3) is 3.06. The second-order valence-electron chi connectivity index (χ2n) is 4.42. The van der Waals surface area contributed by atoms with E-state index in [4.69, 9.17) is 0 Å². The van der Waals surface area contributed by atoms with Gasteiger partial charge < -0.3 is 0 Å². The number of piperidine rings is 1. The molecule has 0 aliphatic carbocycles. The minimum Gasteiger partial charge on any atom is -0.248 e. The van der Waals surface area contributed by atoms with E-state index in [1.54, 1.807) is 0 Å². The third-order valence-electron chi connectivity index (χ3n) is 3.10. The molecule has 1 heterocycles. The molecule has 1 aliphatic rings. The highest BCUT2D eigenvalue weighted by Crippen LogP contribution is 2.23. The molecule has 1 fully saturated rings. The molecule has 1 atom stereocenters. The quantitative estimate of drug-likeness (QED) is 0.913. The normalized spacial score (nSPS) is 19.6. The number of nitrogens with one attached hydrogen (secondary N) is 1. The van der Waals surface area contributed by atoms with Crippen LogP contribution in [0.1, 0.15) is 37.8 Å². The topological polar surface area (TPSA) is 15.3 Å². The Hall–Kier alpha value is -0.380. The van der Waals surface area contributed by atoms with Crippen LogP contribution in [0.5, 0.6) is 0 Å². The van der Waals surface area contributed by atoms with Gasteiger partial charge in [-0.1, -0.05) is 40.5 Å². The van der Waals surface area contributed by atoms with E-state index in [9.17, 15) is 0 Å². The van der Waals surface area contributed by atoms with E-state index in [1.807, 2.05) is 0 Å². The van der Waals surface area contributed by atoms with Crippen LogP contribution in [0.2, 0.25) is 0 Å². The zero-order valence-electron chi connectivity index (χ0n) is 9.75. The van der Waals surface area contributed by atoms with Gasteiger partial charge in [-0.2, -0.15) is 0 Å². The van der Waals surface area contributed by atoms with Gasteiger partial charge in [0.25, 0.3) is 0 Å². The van der Waals surface area contributed by atoms with Crippen LogP contribution in [0.3, 0.4) is 0 Å². The molecule has 2 nitrogen and oxygen atoms in total. The SMILES string of the molecule is CC(NN1CCCCC1)c1ccccc1Br. The number of rotatable bonds is 3. The van der Waals surface area contributed by atoms with Crippen molar-refractivity contribution in [2.24, 2.45) is 0 Å². The summed E-state index contributed by atoms with van der Waals surface area (Å²) >= 11 is 3.60. The maximum Gasteiger partial charge on any atom is 0.0447 e. The van der Waals surface area contributed by atoms with Gasteiger partial charge in [0.05, 0.1) is 0 Å². The average molecular weight is 283 g/mol. The molecule has 2 rings (SSSR count). The summed E-state index contributed by atoms with van der Waals surface area (Å²) < 4.78 is 1.19. The van der Waals surface area contributed by atoms with Crippen molar-refractivity contribution in [2.45, 2.75) is 32.2 Å². The predicted molar refractivity (Wildman–Crippen MR) is 71.1 cm³/mol. The van der Waals surface area contributed by atoms with Gasteiger partial charge in [0.15, 0.2) is 0 Å². The molecule has 1 saturated heterocycles. The van der Waals surface area contributed by atoms with Crippen molar-refractivity contribution < 1.29 is 0 Å². The first-order valence-electron chi connectivity index (χ1n) is 6.03. The van der Waals surface area contributed by atoms with Crippen LogP contribution in [0.25, 0.3) is 0 Å². The fourth-order valence-corrected chi connectivity index (χ4v) is 2.82. The lowest BCUT2D eigenvalue weighted by atomic mass is 10.1. The Labute approximate surface area is 106 Å². The first-order chi connectivity index (χ1) is 7.77. The maximum absolute atomic E-state index is 3.60. The Balaban J connectivity index is 1.96. The molecule has 0 bridgehead atoms. The van der Waals surface area contributed by atoms with Crippen molar-refractivity contribution in [3.8, 4) is 0 Å². The molecule has 1 aliphatic heterocycles. The Morgan fingerprint density at radius 2 is 1.88 bits per heavy atom. The van der Waals surface area contributed by atoms with Gasteiger partial charge in [0.1, 0.15) is 0 Å². The molecule has 0 radical (unpaired) electrons. The van der Waals surface area contributed by atoms with Gasteiger partial charge in [-0.3, -0.25) is 0 Å². The van der Waals surface area contributed by atoms with Gasteiger partial charge >= 0.3 is 0 Å². The number of halogens is 1. The largest absolute Gasteiger partial charge is 0.248 e. The number of benzene rings is 1. The smallest absolute Gasteiger partial charge is 0.0447 e. The summed E-state index contributed by atoms with van der Waals surface area (Å²) in [6, 6.07) is 8.79. The standard InChI is InChI=1S/C13H19BrN2/c1-11(12-7-3-4-8-13(12)14)15-16-9-5-2-6-10-16/h3-4,7-8,11,15H,2,5-6,9-10H2,1H3. The molecule has 16 heavy (non-hydrogen) atoms. The summed E-state index contributed by atoms with van der Waals surface area (Å²) in [5, 5.41) is 2.35. The van der Waals surface area contributed by atoms with Crippen LogP contribution in [-0.4, -0.2) is 18.1 Å². The highest BCUT2D eigenvalue weighted by Gasteiger charge is 2.14. The summed E-state index contributed by atoms with van der Waals surface area (Å²) in [5.74, 6) is 0. The molecular weight excluding hydrogens is 264 g/mol. The lowest BCUT2D eigenvalue weighted by Gasteiger charge is -2.30. The molecule has 3 heteroatoms. The van der Waals surface area contributed by atoms with Crippen molar-refractivity contribution in [3.63, 3.8) is 0 Å². The first-order valence-corrected chi connectivity index (χ1v) is 6.82. The second-order valence-corrected chi connectivity index (χ2v) is 5.27. The van der Waals surface area contributed by atoms with Gasteiger partial charge in [0, 0.05) is 23.6 Å². The van der Waals surface area contributed by atoms with Gasteiger partial charge in [0.2, 0.25) is 0 Å². The highest BCUT2D eigenvalue weighted by atomic mass is 79.9. The van der Waals surface area contributed by atoms with Crippen LogP contribution in [0.15, 0.2) is 28.7 Å². The Morgan fingerprint density at radius 3 is 2.56 bits per heavy atom. The van der Waals surface area contributed by atoms with E-state index in [1.165, 1.54) is 42.4 Å². The maximum atomic E-state index is 3.60. The summed E-state index contributed by atoms with van der Waals surface area (Å²) in [6.45, 7) is 4.57. The minimum absolute atomic E-state index is 0.369. The molecular formula is C13H19BrN2. The van der Waals surface area contributed by atoms with Crippen LogP contribution in [-0.2, 0) is 0 Å². The fourth-order valence-electron chi connectivity index (χ4n) is 2.19. The van der Waals surface area contributed by atoms with Crippen LogP contribution in [0.4, 0.5) is 0 Å². The van der Waals surface area contributed by atoms with Gasteiger partial charge in [-0.15, -0.1) is 0 Å². The van der Waals surface area contributed by atoms with Crippen molar-refractivity contribution in [2.75, 3.05) is 13.1 Å². The lowest BCUT2D eigenvalue weighted by Crippen LogP contribution is -2.42. The van der Waals surface area contributed by atoms with E-state index in [-0.39, 0.29) is 0 Å². The molecule has 1 aromatic rings. The van der Waals surface area contributed by atoms with Crippen LogP contribution >= 0.6 is 15.9 Å². The highest BCUT2D eigenvalue weighted by molar-refractivity contribution is 9.10. The summed E-state index contributed by atoms with van der Waals surface area (Å²) in [5.41, 5.74) is 4.91. The Kier molecular flexibility index (Phi) is 4.38. The first kappa shape index (κ1) is 12.1. The molecule has 1 unspecified atom stereocenters. The number of hydrogen-bond acceptors (Lipinski definition) is 2. The van der Waals surface area contributed by atoms with Crippen LogP contribution in [0, 0.1) is 0 Å². The van der Waals surface area contributed by atoms with E-state index in [0.29, 0.717) is 6.04 Å². The number of hydrazine groups is 1. The van der Waals surface area contributed by atoms with E-state index < -0.39 is 0 Å². The molecule has 0 saturated carbocycles. The number of nitrogens with zero attached hydrogens (tertiary/aromatic N) is 1. The third-order valence-corrected chi connectivity index (χ3v) is 3.83. The number of hydrogen-bond donors (Lipinski definition) is 1. The van der Waals surface area contributed by atoms with Crippen molar-refractivity contribution in [1.82, 2.24) is 10.4 Å². The summed E-state index contributed by atoms with van der Waals surface area (Å²) in [6.07, 6.45) is 4.01. The van der Waals surface area contributed by atoms with Crippen molar-refractivity contribution in [3.05, 3.63) is 34.3 Å². The minimum atomic E-state index is 0.369. The Bertz CT molecular complexity index is 334. The lowest BCUT2D eigenvalue weighted by molar-refractivity contribution is 0.133. The zero-order valence-corrected chi connectivity index (χ0v) is 11.3.